The van der Waals surface area contributed by atoms with E-state index in [0.29, 0.717) is 42.8 Å². The molecule has 1 unspecified atom stereocenters. The maximum atomic E-state index is 11.5. The number of amides is 1. The number of aliphatic hydroxyl groups is 1. The second kappa shape index (κ2) is 9.51. The molecule has 1 aliphatic rings. The predicted molar refractivity (Wildman–Crippen MR) is 120 cm³/mol. The Kier molecular flexibility index (Phi) is 6.56. The van der Waals surface area contributed by atoms with Crippen LogP contribution in [0.15, 0.2) is 48.7 Å². The molecule has 8 heteroatoms. The minimum atomic E-state index is -0.719. The summed E-state index contributed by atoms with van der Waals surface area (Å²) in [5, 5.41) is 15.7. The number of β-amino-alcohol motifs (C(OH)–C–C–N with tert-alkyl or cyclic N) is 1. The Balaban J connectivity index is 1.58. The number of methoxy groups -OCH3 is 1. The largest absolute Gasteiger partial charge is 0.491 e. The van der Waals surface area contributed by atoms with Crippen molar-refractivity contribution in [3.63, 3.8) is 0 Å². The van der Waals surface area contributed by atoms with Crippen LogP contribution in [0, 0.1) is 0 Å². The number of hydrogen-bond acceptors (Lipinski definition) is 6. The van der Waals surface area contributed by atoms with E-state index in [-0.39, 0.29) is 12.5 Å². The highest BCUT2D eigenvalue weighted by molar-refractivity contribution is 6.30. The average Bonchev–Trinajstić information content (AvgIpc) is 2.77. The van der Waals surface area contributed by atoms with Crippen LogP contribution in [0.4, 0.5) is 0 Å². The van der Waals surface area contributed by atoms with Gasteiger partial charge in [-0.25, -0.2) is 4.98 Å². The second-order valence-corrected chi connectivity index (χ2v) is 7.89. The van der Waals surface area contributed by atoms with Gasteiger partial charge in [0.15, 0.2) is 0 Å². The molecule has 4 rings (SSSR count). The Morgan fingerprint density at radius 1 is 1.26 bits per heavy atom. The van der Waals surface area contributed by atoms with E-state index in [9.17, 15) is 9.90 Å². The summed E-state index contributed by atoms with van der Waals surface area (Å²) in [5.41, 5.74) is 1.64. The summed E-state index contributed by atoms with van der Waals surface area (Å²) in [6, 6.07) is 13.6. The Bertz CT molecular complexity index is 1090. The molecule has 0 aliphatic carbocycles. The lowest BCUT2D eigenvalue weighted by atomic mass is 9.98. The molecule has 31 heavy (non-hydrogen) atoms. The first-order chi connectivity index (χ1) is 15.0. The van der Waals surface area contributed by atoms with Gasteiger partial charge in [-0.2, -0.15) is 0 Å². The number of rotatable bonds is 7. The minimum Gasteiger partial charge on any atom is -0.491 e. The zero-order valence-corrected chi connectivity index (χ0v) is 17.9. The molecule has 1 aromatic heterocycles. The topological polar surface area (TPSA) is 83.9 Å². The third-order valence-electron chi connectivity index (χ3n) is 5.17. The van der Waals surface area contributed by atoms with Crippen molar-refractivity contribution < 1.29 is 19.4 Å². The van der Waals surface area contributed by atoms with Crippen molar-refractivity contribution in [2.24, 2.45) is 0 Å². The summed E-state index contributed by atoms with van der Waals surface area (Å²) in [5.74, 6) is 1.06. The van der Waals surface area contributed by atoms with Crippen molar-refractivity contribution in [1.29, 1.82) is 0 Å². The van der Waals surface area contributed by atoms with Gasteiger partial charge >= 0.3 is 0 Å². The first-order valence-corrected chi connectivity index (χ1v) is 10.4. The molecule has 7 nitrogen and oxygen atoms in total. The van der Waals surface area contributed by atoms with Gasteiger partial charge < -0.3 is 19.9 Å². The molecule has 0 saturated carbocycles. The number of ether oxygens (including phenoxy) is 2. The monoisotopic (exact) mass is 441 g/mol. The minimum absolute atomic E-state index is 0.0254. The van der Waals surface area contributed by atoms with E-state index in [2.05, 4.69) is 10.3 Å². The Labute approximate surface area is 185 Å². The van der Waals surface area contributed by atoms with Crippen molar-refractivity contribution in [3.05, 3.63) is 53.7 Å². The average molecular weight is 442 g/mol. The molecule has 0 bridgehead atoms. The van der Waals surface area contributed by atoms with Gasteiger partial charge in [0.2, 0.25) is 11.8 Å². The molecule has 1 fully saturated rings. The van der Waals surface area contributed by atoms with E-state index in [1.54, 1.807) is 13.3 Å². The third-order valence-corrected chi connectivity index (χ3v) is 5.37. The lowest BCUT2D eigenvalue weighted by Gasteiger charge is -2.28. The van der Waals surface area contributed by atoms with Crippen LogP contribution < -0.4 is 14.8 Å². The number of benzene rings is 2. The zero-order valence-electron chi connectivity index (χ0n) is 17.2. The van der Waals surface area contributed by atoms with Crippen molar-refractivity contribution in [2.45, 2.75) is 6.10 Å². The zero-order chi connectivity index (χ0) is 21.8. The summed E-state index contributed by atoms with van der Waals surface area (Å²) < 4.78 is 11.4. The van der Waals surface area contributed by atoms with Crippen LogP contribution in [0.1, 0.15) is 0 Å². The van der Waals surface area contributed by atoms with Crippen molar-refractivity contribution in [3.8, 4) is 22.8 Å². The highest BCUT2D eigenvalue weighted by atomic mass is 35.5. The molecular formula is C23H24ClN3O4. The fourth-order valence-electron chi connectivity index (χ4n) is 3.76. The number of halogens is 1. The summed E-state index contributed by atoms with van der Waals surface area (Å²) in [4.78, 5) is 17.7. The number of hydrogen-bond donors (Lipinski definition) is 2. The second-order valence-electron chi connectivity index (χ2n) is 7.45. The number of aromatic nitrogens is 1. The van der Waals surface area contributed by atoms with Crippen molar-refractivity contribution in [1.82, 2.24) is 15.2 Å². The number of aliphatic hydroxyl groups excluding tert-OH is 1. The predicted octanol–water partition coefficient (Wildman–Crippen LogP) is 2.74. The molecule has 2 N–H and O–H groups in total. The van der Waals surface area contributed by atoms with Crippen LogP contribution in [0.2, 0.25) is 5.02 Å². The Morgan fingerprint density at radius 3 is 2.90 bits per heavy atom. The maximum absolute atomic E-state index is 11.5. The van der Waals surface area contributed by atoms with Crippen LogP contribution in [0.3, 0.4) is 0 Å². The van der Waals surface area contributed by atoms with E-state index >= 15 is 0 Å². The fraction of sp³-hybridized carbons (Fsp3) is 0.304. The van der Waals surface area contributed by atoms with Gasteiger partial charge in [0.25, 0.3) is 0 Å². The lowest BCUT2D eigenvalue weighted by Crippen LogP contribution is -2.50. The number of piperazine rings is 1. The van der Waals surface area contributed by atoms with Gasteiger partial charge in [-0.1, -0.05) is 35.9 Å². The number of nitrogens with one attached hydrogen (secondary N) is 1. The van der Waals surface area contributed by atoms with Crippen molar-refractivity contribution in [2.75, 3.05) is 39.9 Å². The quantitative estimate of drug-likeness (QED) is 0.586. The summed E-state index contributed by atoms with van der Waals surface area (Å²) >= 11 is 6.20. The number of carbonyl (C=O) groups excluding carboxylic acids is 1. The van der Waals surface area contributed by atoms with Crippen LogP contribution in [-0.4, -0.2) is 66.9 Å². The molecule has 162 valence electrons. The number of fused-ring (bicyclic) bond motifs is 1. The number of nitrogens with zero attached hydrogens (tertiary/aromatic N) is 2. The van der Waals surface area contributed by atoms with Gasteiger partial charge in [-0.3, -0.25) is 9.69 Å². The SMILES string of the molecule is COc1ncc(Cl)cc1-c1cc(OCC(O)CN2CCNC(=O)C2)cc2ccccc12. The van der Waals surface area contributed by atoms with E-state index in [1.165, 1.54) is 0 Å². The summed E-state index contributed by atoms with van der Waals surface area (Å²) in [6.45, 7) is 2.08. The maximum Gasteiger partial charge on any atom is 0.234 e. The van der Waals surface area contributed by atoms with Crippen LogP contribution >= 0.6 is 11.6 Å². The van der Waals surface area contributed by atoms with E-state index in [0.717, 1.165) is 21.9 Å². The molecule has 1 saturated heterocycles. The number of carbonyl (C=O) groups is 1. The molecule has 1 atom stereocenters. The van der Waals surface area contributed by atoms with Gasteiger partial charge in [0.1, 0.15) is 18.5 Å². The molecule has 2 aromatic carbocycles. The van der Waals surface area contributed by atoms with E-state index in [4.69, 9.17) is 21.1 Å². The molecule has 0 radical (unpaired) electrons. The molecule has 0 spiro atoms. The van der Waals surface area contributed by atoms with Crippen LogP contribution in [-0.2, 0) is 4.79 Å². The Hall–Kier alpha value is -2.87. The van der Waals surface area contributed by atoms with Crippen LogP contribution in [0.5, 0.6) is 11.6 Å². The van der Waals surface area contributed by atoms with E-state index in [1.807, 2.05) is 47.4 Å². The normalized spacial score (nSPS) is 15.5. The first kappa shape index (κ1) is 21.4. The highest BCUT2D eigenvalue weighted by Gasteiger charge is 2.20. The van der Waals surface area contributed by atoms with Gasteiger partial charge in [0.05, 0.1) is 18.7 Å². The molecule has 1 aliphatic heterocycles. The standard InChI is InChI=1S/C23H24ClN3O4/c1-30-23-21(9-16(24)11-26-23)20-10-18(8-15-4-2-3-5-19(15)20)31-14-17(28)12-27-7-6-25-22(29)13-27/h2-5,8-11,17,28H,6-7,12-14H2,1H3,(H,25,29). The smallest absolute Gasteiger partial charge is 0.234 e. The number of pyridine rings is 1. The van der Waals surface area contributed by atoms with Crippen molar-refractivity contribution >= 4 is 28.3 Å². The highest BCUT2D eigenvalue weighted by Crippen LogP contribution is 2.38. The summed E-state index contributed by atoms with van der Waals surface area (Å²) in [7, 11) is 1.57. The molecule has 2 heterocycles. The fourth-order valence-corrected chi connectivity index (χ4v) is 3.92. The lowest BCUT2D eigenvalue weighted by molar-refractivity contribution is -0.124. The first-order valence-electron chi connectivity index (χ1n) is 10.1. The van der Waals surface area contributed by atoms with E-state index < -0.39 is 6.10 Å². The van der Waals surface area contributed by atoms with Gasteiger partial charge in [-0.15, -0.1) is 0 Å². The molecular weight excluding hydrogens is 418 g/mol. The Morgan fingerprint density at radius 2 is 2.10 bits per heavy atom. The van der Waals surface area contributed by atoms with Gasteiger partial charge in [0, 0.05) is 31.4 Å². The molecule has 1 amide bonds. The summed E-state index contributed by atoms with van der Waals surface area (Å²) in [6.07, 6.45) is 0.826. The molecule has 3 aromatic rings. The third kappa shape index (κ3) is 5.07. The van der Waals surface area contributed by atoms with Crippen LogP contribution in [0.25, 0.3) is 21.9 Å². The van der Waals surface area contributed by atoms with Gasteiger partial charge in [-0.05, 0) is 34.5 Å².